The zero-order chi connectivity index (χ0) is 22.3. The van der Waals surface area contributed by atoms with Crippen molar-refractivity contribution in [3.63, 3.8) is 0 Å². The van der Waals surface area contributed by atoms with Crippen LogP contribution in [-0.4, -0.2) is 54.5 Å². The van der Waals surface area contributed by atoms with E-state index in [0.29, 0.717) is 24.6 Å². The molecule has 9 nitrogen and oxygen atoms in total. The number of aliphatic hydroxyl groups excluding tert-OH is 1. The van der Waals surface area contributed by atoms with Crippen molar-refractivity contribution in [1.82, 2.24) is 15.0 Å². The highest BCUT2D eigenvalue weighted by molar-refractivity contribution is 7.91. The maximum atomic E-state index is 11.7. The summed E-state index contributed by atoms with van der Waals surface area (Å²) in [6.45, 7) is 6.05. The molecule has 2 unspecified atom stereocenters. The summed E-state index contributed by atoms with van der Waals surface area (Å²) in [5.74, 6) is 1.79. The molecule has 3 N–H and O–H groups in total. The molecule has 0 aliphatic heterocycles. The number of aliphatic hydroxyl groups is 1. The van der Waals surface area contributed by atoms with Gasteiger partial charge in [-0.1, -0.05) is 32.9 Å². The van der Waals surface area contributed by atoms with Gasteiger partial charge in [0.2, 0.25) is 21.9 Å². The lowest BCUT2D eigenvalue weighted by molar-refractivity contribution is 0.259. The number of nitrogens with one attached hydrogen (secondary N) is 2. The quantitative estimate of drug-likeness (QED) is 0.489. The van der Waals surface area contributed by atoms with Crippen molar-refractivity contribution in [2.24, 2.45) is 5.92 Å². The van der Waals surface area contributed by atoms with Gasteiger partial charge in [0, 0.05) is 6.42 Å². The summed E-state index contributed by atoms with van der Waals surface area (Å²) in [5, 5.41) is 12.7. The van der Waals surface area contributed by atoms with Crippen LogP contribution in [0.15, 0.2) is 24.3 Å². The zero-order valence-electron chi connectivity index (χ0n) is 18.1. The number of anilines is 2. The van der Waals surface area contributed by atoms with E-state index in [0.717, 1.165) is 17.6 Å². The van der Waals surface area contributed by atoms with Crippen LogP contribution in [0.1, 0.15) is 44.5 Å². The first-order valence-electron chi connectivity index (χ1n) is 9.83. The molecule has 0 aliphatic rings. The molecule has 2 atom stereocenters. The fourth-order valence-electron chi connectivity index (χ4n) is 3.06. The summed E-state index contributed by atoms with van der Waals surface area (Å²) in [6, 6.07) is 7.49. The molecule has 1 heterocycles. The Balaban J connectivity index is 2.30. The fraction of sp³-hybridized carbons (Fsp3) is 0.550. The highest BCUT2D eigenvalue weighted by Crippen LogP contribution is 2.24. The highest BCUT2D eigenvalue weighted by atomic mass is 32.2. The van der Waals surface area contributed by atoms with Gasteiger partial charge in [-0.15, -0.1) is 0 Å². The maximum absolute atomic E-state index is 11.7. The molecule has 0 fully saturated rings. The molecular weight excluding hydrogens is 406 g/mol. The number of aromatic nitrogens is 3. The van der Waals surface area contributed by atoms with Crippen molar-refractivity contribution in [3.05, 3.63) is 35.7 Å². The van der Waals surface area contributed by atoms with Gasteiger partial charge < -0.3 is 15.2 Å². The fourth-order valence-corrected chi connectivity index (χ4v) is 3.48. The summed E-state index contributed by atoms with van der Waals surface area (Å²) < 4.78 is 30.9. The number of rotatable bonds is 11. The molecule has 0 bridgehead atoms. The van der Waals surface area contributed by atoms with Crippen molar-refractivity contribution < 1.29 is 18.3 Å². The van der Waals surface area contributed by atoms with Crippen LogP contribution in [0.4, 0.5) is 11.9 Å². The molecule has 166 valence electrons. The molecule has 1 aromatic heterocycles. The van der Waals surface area contributed by atoms with E-state index in [1.807, 2.05) is 31.2 Å². The monoisotopic (exact) mass is 437 g/mol. The molecule has 2 rings (SSSR count). The lowest BCUT2D eigenvalue weighted by Crippen LogP contribution is -2.27. The molecule has 0 radical (unpaired) electrons. The predicted molar refractivity (Wildman–Crippen MR) is 117 cm³/mol. The Kier molecular flexibility index (Phi) is 8.36. The number of methoxy groups -OCH3 is 1. The number of ether oxygens (including phenoxy) is 1. The van der Waals surface area contributed by atoms with Crippen LogP contribution in [-0.2, 0) is 16.4 Å². The minimum atomic E-state index is -3.55. The topological polar surface area (TPSA) is 126 Å². The van der Waals surface area contributed by atoms with Crippen LogP contribution in [0.2, 0.25) is 0 Å². The normalized spacial score (nSPS) is 13.7. The van der Waals surface area contributed by atoms with Gasteiger partial charge in [0.15, 0.2) is 0 Å². The molecule has 10 heteroatoms. The maximum Gasteiger partial charge on any atom is 0.241 e. The van der Waals surface area contributed by atoms with E-state index in [2.05, 4.69) is 38.8 Å². The summed E-state index contributed by atoms with van der Waals surface area (Å²) in [6.07, 6.45) is 2.22. The molecule has 30 heavy (non-hydrogen) atoms. The molecule has 1 aromatic carbocycles. The van der Waals surface area contributed by atoms with Crippen LogP contribution >= 0.6 is 0 Å². The van der Waals surface area contributed by atoms with Gasteiger partial charge in [-0.05, 0) is 36.0 Å². The van der Waals surface area contributed by atoms with E-state index < -0.39 is 10.0 Å². The second-order valence-corrected chi connectivity index (χ2v) is 9.56. The smallest absolute Gasteiger partial charge is 0.241 e. The summed E-state index contributed by atoms with van der Waals surface area (Å²) >= 11 is 0. The van der Waals surface area contributed by atoms with Crippen molar-refractivity contribution in [1.29, 1.82) is 0 Å². The zero-order valence-corrected chi connectivity index (χ0v) is 18.9. The molecule has 0 saturated heterocycles. The third-order valence-electron chi connectivity index (χ3n) is 4.42. The minimum Gasteiger partial charge on any atom is -0.497 e. The van der Waals surface area contributed by atoms with E-state index >= 15 is 0 Å². The number of sulfonamides is 1. The lowest BCUT2D eigenvalue weighted by Gasteiger charge is -2.19. The van der Waals surface area contributed by atoms with E-state index in [1.54, 1.807) is 7.11 Å². The summed E-state index contributed by atoms with van der Waals surface area (Å²) in [5.41, 5.74) is 1.05. The first kappa shape index (κ1) is 23.8. The minimum absolute atomic E-state index is 0.0518. The van der Waals surface area contributed by atoms with Gasteiger partial charge in [0.1, 0.15) is 11.6 Å². The van der Waals surface area contributed by atoms with Crippen LogP contribution in [0, 0.1) is 5.92 Å². The van der Waals surface area contributed by atoms with Crippen LogP contribution in [0.25, 0.3) is 0 Å². The molecule has 2 aromatic rings. The lowest BCUT2D eigenvalue weighted by atomic mass is 9.97. The SMILES string of the molecule is COc1cccc(C(C)Cc2nc(NC(CO)CC(C)C)nc(NS(C)(=O)=O)n2)c1. The third-order valence-corrected chi connectivity index (χ3v) is 4.97. The van der Waals surface area contributed by atoms with Gasteiger partial charge in [-0.25, -0.2) is 8.42 Å². The van der Waals surface area contributed by atoms with Gasteiger partial charge in [-0.3, -0.25) is 4.72 Å². The average molecular weight is 438 g/mol. The van der Waals surface area contributed by atoms with E-state index in [9.17, 15) is 13.5 Å². The first-order chi connectivity index (χ1) is 14.1. The van der Waals surface area contributed by atoms with Crippen LogP contribution in [0.3, 0.4) is 0 Å². The molecule has 0 amide bonds. The van der Waals surface area contributed by atoms with Crippen molar-refractivity contribution in [3.8, 4) is 5.75 Å². The molecular formula is C20H31N5O4S. The molecule has 0 saturated carbocycles. The summed E-state index contributed by atoms with van der Waals surface area (Å²) in [7, 11) is -1.93. The van der Waals surface area contributed by atoms with E-state index in [-0.39, 0.29) is 30.5 Å². The third kappa shape index (κ3) is 7.75. The molecule has 0 spiro atoms. The Morgan fingerprint density at radius 2 is 1.83 bits per heavy atom. The standard InChI is InChI=1S/C20H31N5O4S/c1-13(2)9-16(12-26)21-19-22-18(23-20(24-19)25-30(5,27)28)10-14(3)15-7-6-8-17(11-15)29-4/h6-8,11,13-14,16,26H,9-10,12H2,1-5H3,(H2,21,22,23,24,25). The van der Waals surface area contributed by atoms with E-state index in [4.69, 9.17) is 4.74 Å². The number of hydrogen-bond acceptors (Lipinski definition) is 8. The second kappa shape index (κ2) is 10.5. The van der Waals surface area contributed by atoms with Gasteiger partial charge in [-0.2, -0.15) is 15.0 Å². The van der Waals surface area contributed by atoms with Crippen molar-refractivity contribution in [2.45, 2.75) is 45.6 Å². The van der Waals surface area contributed by atoms with Gasteiger partial charge in [0.05, 0.1) is 26.0 Å². The van der Waals surface area contributed by atoms with Crippen LogP contribution in [0.5, 0.6) is 5.75 Å². The van der Waals surface area contributed by atoms with Gasteiger partial charge in [0.25, 0.3) is 0 Å². The summed E-state index contributed by atoms with van der Waals surface area (Å²) in [4.78, 5) is 12.9. The number of benzene rings is 1. The van der Waals surface area contributed by atoms with Crippen molar-refractivity contribution in [2.75, 3.05) is 30.0 Å². The average Bonchev–Trinajstić information content (AvgIpc) is 2.65. The Morgan fingerprint density at radius 1 is 1.13 bits per heavy atom. The number of nitrogens with zero attached hydrogens (tertiary/aromatic N) is 3. The van der Waals surface area contributed by atoms with Crippen molar-refractivity contribution >= 4 is 21.9 Å². The Labute approximate surface area is 178 Å². The Bertz CT molecular complexity index is 937. The largest absolute Gasteiger partial charge is 0.497 e. The number of hydrogen-bond donors (Lipinski definition) is 3. The highest BCUT2D eigenvalue weighted by Gasteiger charge is 2.17. The predicted octanol–water partition coefficient (Wildman–Crippen LogP) is 2.42. The Hall–Kier alpha value is -2.46. The molecule has 0 aliphatic carbocycles. The van der Waals surface area contributed by atoms with E-state index in [1.165, 1.54) is 0 Å². The Morgan fingerprint density at radius 3 is 2.43 bits per heavy atom. The second-order valence-electron chi connectivity index (χ2n) is 7.81. The van der Waals surface area contributed by atoms with Gasteiger partial charge >= 0.3 is 0 Å². The van der Waals surface area contributed by atoms with Crippen LogP contribution < -0.4 is 14.8 Å². The first-order valence-corrected chi connectivity index (χ1v) is 11.7.